The zero-order chi connectivity index (χ0) is 10.1. The van der Waals surface area contributed by atoms with Crippen molar-refractivity contribution in [1.82, 2.24) is 5.32 Å². The van der Waals surface area contributed by atoms with Crippen molar-refractivity contribution in [3.63, 3.8) is 0 Å². The zero-order valence-corrected chi connectivity index (χ0v) is 9.22. The van der Waals surface area contributed by atoms with Gasteiger partial charge < -0.3 is 10.1 Å². The summed E-state index contributed by atoms with van der Waals surface area (Å²) in [6.45, 7) is 9.53. The van der Waals surface area contributed by atoms with E-state index in [1.54, 1.807) is 0 Å². The van der Waals surface area contributed by atoms with Crippen LogP contribution in [0.15, 0.2) is 4.99 Å². The molecule has 0 aliphatic carbocycles. The van der Waals surface area contributed by atoms with Gasteiger partial charge in [0.15, 0.2) is 0 Å². The van der Waals surface area contributed by atoms with Gasteiger partial charge in [0.1, 0.15) is 12.1 Å². The Morgan fingerprint density at radius 2 is 2.08 bits per heavy atom. The molecule has 3 nitrogen and oxygen atoms in total. The summed E-state index contributed by atoms with van der Waals surface area (Å²) in [5.74, 6) is 1.17. The normalized spacial score (nSPS) is 29.8. The second-order valence-corrected chi connectivity index (χ2v) is 4.35. The molecule has 76 valence electrons. The molecule has 1 N–H and O–H groups in total. The topological polar surface area (TPSA) is 33.6 Å². The van der Waals surface area contributed by atoms with E-state index in [4.69, 9.17) is 4.74 Å². The third-order valence-corrected chi connectivity index (χ3v) is 3.05. The van der Waals surface area contributed by atoms with Crippen LogP contribution in [-0.4, -0.2) is 25.2 Å². The molecule has 0 aromatic rings. The van der Waals surface area contributed by atoms with Gasteiger partial charge in [-0.1, -0.05) is 20.8 Å². The first-order valence-electron chi connectivity index (χ1n) is 4.90. The highest BCUT2D eigenvalue weighted by atomic mass is 16.5. The number of ether oxygens (including phenoxy) is 1. The van der Waals surface area contributed by atoms with Crippen LogP contribution >= 0.6 is 0 Å². The standard InChI is InChI=1S/C10H20N2O/c1-7(2)8(3)10(4)6-13-9(11-5)12-10/h7-8H,6H2,1-5H3,(H,11,12)/t8?,10-/m0/s1. The van der Waals surface area contributed by atoms with Crippen LogP contribution < -0.4 is 5.32 Å². The Morgan fingerprint density at radius 3 is 2.46 bits per heavy atom. The van der Waals surface area contributed by atoms with Gasteiger partial charge in [-0.05, 0) is 18.8 Å². The molecule has 0 bridgehead atoms. The first kappa shape index (κ1) is 10.4. The third-order valence-electron chi connectivity index (χ3n) is 3.05. The van der Waals surface area contributed by atoms with Crippen molar-refractivity contribution in [2.45, 2.75) is 33.2 Å². The first-order chi connectivity index (χ1) is 5.99. The number of amidine groups is 1. The van der Waals surface area contributed by atoms with E-state index in [1.807, 2.05) is 7.05 Å². The number of nitrogens with zero attached hydrogens (tertiary/aromatic N) is 1. The van der Waals surface area contributed by atoms with Crippen LogP contribution in [0.4, 0.5) is 0 Å². The summed E-state index contributed by atoms with van der Waals surface area (Å²) in [4.78, 5) is 4.54. The maximum absolute atomic E-state index is 5.43. The fourth-order valence-electron chi connectivity index (χ4n) is 1.59. The van der Waals surface area contributed by atoms with Gasteiger partial charge in [0.2, 0.25) is 0 Å². The first-order valence-corrected chi connectivity index (χ1v) is 4.90. The lowest BCUT2D eigenvalue weighted by Crippen LogP contribution is -2.35. The smallest absolute Gasteiger partial charge is 0.285 e. The number of hydrogen-bond acceptors (Lipinski definition) is 3. The van der Waals surface area contributed by atoms with Gasteiger partial charge in [0, 0.05) is 7.05 Å². The lowest BCUT2D eigenvalue weighted by Gasteiger charge is -2.29. The summed E-state index contributed by atoms with van der Waals surface area (Å²) in [5, 5.41) is 2.94. The second kappa shape index (κ2) is 3.56. The van der Waals surface area contributed by atoms with E-state index in [9.17, 15) is 0 Å². The van der Waals surface area contributed by atoms with E-state index < -0.39 is 0 Å². The third kappa shape index (κ3) is 1.95. The minimum atomic E-state index is -0.0491. The van der Waals surface area contributed by atoms with Crippen LogP contribution in [0.3, 0.4) is 0 Å². The summed E-state index contributed by atoms with van der Waals surface area (Å²) in [5.41, 5.74) is -0.0491. The van der Waals surface area contributed by atoms with Crippen LogP contribution in [-0.2, 0) is 4.74 Å². The van der Waals surface area contributed by atoms with Crippen molar-refractivity contribution in [3.05, 3.63) is 0 Å². The van der Waals surface area contributed by atoms with E-state index in [1.165, 1.54) is 0 Å². The van der Waals surface area contributed by atoms with Crippen LogP contribution in [0.25, 0.3) is 0 Å². The number of nitrogens with one attached hydrogen (secondary N) is 1. The van der Waals surface area contributed by atoms with Gasteiger partial charge in [0.05, 0.1) is 0 Å². The maximum Gasteiger partial charge on any atom is 0.285 e. The van der Waals surface area contributed by atoms with Gasteiger partial charge in [-0.2, -0.15) is 0 Å². The number of rotatable bonds is 2. The van der Waals surface area contributed by atoms with Crippen molar-refractivity contribution in [2.24, 2.45) is 16.8 Å². The molecule has 3 heteroatoms. The monoisotopic (exact) mass is 184 g/mol. The minimum absolute atomic E-state index is 0.0491. The molecule has 2 atom stereocenters. The Balaban J connectivity index is 2.73. The van der Waals surface area contributed by atoms with Crippen molar-refractivity contribution >= 4 is 6.02 Å². The molecule has 13 heavy (non-hydrogen) atoms. The summed E-state index contributed by atoms with van der Waals surface area (Å²) < 4.78 is 5.43. The quantitative estimate of drug-likeness (QED) is 0.708. The SMILES string of the molecule is CNC1=N[C@](C)(C(C)C(C)C)CO1. The van der Waals surface area contributed by atoms with E-state index in [-0.39, 0.29) is 5.54 Å². The average molecular weight is 184 g/mol. The summed E-state index contributed by atoms with van der Waals surface area (Å²) in [6, 6.07) is 0.676. The predicted molar refractivity (Wildman–Crippen MR) is 54.9 cm³/mol. The molecule has 0 fully saturated rings. The molecule has 0 saturated heterocycles. The Morgan fingerprint density at radius 1 is 1.46 bits per heavy atom. The average Bonchev–Trinajstić information content (AvgIpc) is 2.47. The fraction of sp³-hybridized carbons (Fsp3) is 0.900. The Bertz CT molecular complexity index is 213. The van der Waals surface area contributed by atoms with Crippen molar-refractivity contribution in [2.75, 3.05) is 13.7 Å². The molecule has 0 spiro atoms. The molecule has 0 amide bonds. The van der Waals surface area contributed by atoms with Crippen molar-refractivity contribution in [1.29, 1.82) is 0 Å². The van der Waals surface area contributed by atoms with Crippen LogP contribution in [0, 0.1) is 11.8 Å². The van der Waals surface area contributed by atoms with Crippen molar-refractivity contribution < 1.29 is 4.74 Å². The Hall–Kier alpha value is -0.730. The van der Waals surface area contributed by atoms with Gasteiger partial charge >= 0.3 is 0 Å². The number of aliphatic imine (C=N–C) groups is 1. The largest absolute Gasteiger partial charge is 0.463 e. The Labute approximate surface area is 80.6 Å². The van der Waals surface area contributed by atoms with E-state index in [0.29, 0.717) is 24.5 Å². The second-order valence-electron chi connectivity index (χ2n) is 4.35. The molecular formula is C10H20N2O. The van der Waals surface area contributed by atoms with Crippen molar-refractivity contribution in [3.8, 4) is 0 Å². The zero-order valence-electron chi connectivity index (χ0n) is 9.22. The minimum Gasteiger partial charge on any atom is -0.463 e. The van der Waals surface area contributed by atoms with Gasteiger partial charge in [-0.3, -0.25) is 0 Å². The number of hydrogen-bond donors (Lipinski definition) is 1. The molecule has 0 saturated carbocycles. The van der Waals surface area contributed by atoms with Gasteiger partial charge in [0.25, 0.3) is 6.02 Å². The molecular weight excluding hydrogens is 164 g/mol. The summed E-state index contributed by atoms with van der Waals surface area (Å²) in [7, 11) is 1.84. The molecule has 1 heterocycles. The van der Waals surface area contributed by atoms with Gasteiger partial charge in [-0.15, -0.1) is 0 Å². The molecule has 1 aliphatic rings. The van der Waals surface area contributed by atoms with Gasteiger partial charge in [-0.25, -0.2) is 4.99 Å². The Kier molecular flexibility index (Phi) is 2.84. The predicted octanol–water partition coefficient (Wildman–Crippen LogP) is 1.64. The molecule has 1 rings (SSSR count). The van der Waals surface area contributed by atoms with Crippen LogP contribution in [0.1, 0.15) is 27.7 Å². The highest BCUT2D eigenvalue weighted by Crippen LogP contribution is 2.31. The molecule has 0 aromatic heterocycles. The lowest BCUT2D eigenvalue weighted by atomic mass is 9.81. The molecule has 0 aromatic carbocycles. The summed E-state index contributed by atoms with van der Waals surface area (Å²) in [6.07, 6.45) is 0. The molecule has 1 unspecified atom stereocenters. The summed E-state index contributed by atoms with van der Waals surface area (Å²) >= 11 is 0. The van der Waals surface area contributed by atoms with Crippen LogP contribution in [0.5, 0.6) is 0 Å². The highest BCUT2D eigenvalue weighted by Gasteiger charge is 2.38. The highest BCUT2D eigenvalue weighted by molar-refractivity contribution is 5.75. The lowest BCUT2D eigenvalue weighted by molar-refractivity contribution is 0.180. The van der Waals surface area contributed by atoms with E-state index >= 15 is 0 Å². The van der Waals surface area contributed by atoms with E-state index in [0.717, 1.165) is 0 Å². The molecule has 1 aliphatic heterocycles. The maximum atomic E-state index is 5.43. The van der Waals surface area contributed by atoms with Crippen LogP contribution in [0.2, 0.25) is 0 Å². The fourth-order valence-corrected chi connectivity index (χ4v) is 1.59. The molecule has 0 radical (unpaired) electrons. The van der Waals surface area contributed by atoms with E-state index in [2.05, 4.69) is 38.0 Å².